The van der Waals surface area contributed by atoms with Gasteiger partial charge in [-0.05, 0) is 71.2 Å². The third-order valence-corrected chi connectivity index (χ3v) is 11.0. The monoisotopic (exact) mass is 791 g/mol. The molecule has 0 aromatic heterocycles. The summed E-state index contributed by atoms with van der Waals surface area (Å²) < 4.78 is 48.7. The van der Waals surface area contributed by atoms with Crippen molar-refractivity contribution in [3.63, 3.8) is 0 Å². The van der Waals surface area contributed by atoms with Crippen molar-refractivity contribution in [2.45, 2.75) is 133 Å². The molecule has 11 nitrogen and oxygen atoms in total. The second-order valence-electron chi connectivity index (χ2n) is 14.9. The fourth-order valence-corrected chi connectivity index (χ4v) is 8.02. The zero-order chi connectivity index (χ0) is 39.8. The van der Waals surface area contributed by atoms with Gasteiger partial charge in [0.05, 0.1) is 6.61 Å². The number of aliphatic hydroxyl groups is 2. The zero-order valence-electron chi connectivity index (χ0n) is 32.1. The molecule has 0 aliphatic carbocycles. The van der Waals surface area contributed by atoms with Gasteiger partial charge in [0.25, 0.3) is 0 Å². The summed E-state index contributed by atoms with van der Waals surface area (Å²) in [5.74, 6) is -1.15. The van der Waals surface area contributed by atoms with Crippen LogP contribution in [0.25, 0.3) is 21.5 Å². The lowest BCUT2D eigenvalue weighted by atomic mass is 9.96. The van der Waals surface area contributed by atoms with E-state index in [0.29, 0.717) is 12.8 Å². The number of aliphatic hydroxyl groups excluding tert-OH is 2. The van der Waals surface area contributed by atoms with E-state index < -0.39 is 59.5 Å². The van der Waals surface area contributed by atoms with Crippen LogP contribution in [0.3, 0.4) is 0 Å². The third kappa shape index (κ3) is 13.9. The summed E-state index contributed by atoms with van der Waals surface area (Å²) in [6.45, 7) is -0.810. The van der Waals surface area contributed by atoms with Gasteiger partial charge in [0.1, 0.15) is 18.2 Å². The van der Waals surface area contributed by atoms with Crippen LogP contribution in [-0.4, -0.2) is 72.3 Å². The molecule has 5 rings (SSSR count). The van der Waals surface area contributed by atoms with Crippen molar-refractivity contribution in [2.75, 3.05) is 6.61 Å². The van der Waals surface area contributed by atoms with Crippen LogP contribution in [-0.2, 0) is 46.5 Å². The van der Waals surface area contributed by atoms with E-state index in [9.17, 15) is 32.8 Å². The van der Waals surface area contributed by atoms with Crippen LogP contribution in [0, 0.1) is 0 Å². The lowest BCUT2D eigenvalue weighted by Gasteiger charge is -2.43. The van der Waals surface area contributed by atoms with Gasteiger partial charge in [-0.1, -0.05) is 136 Å². The Hall–Kier alpha value is -3.91. The van der Waals surface area contributed by atoms with E-state index >= 15 is 0 Å². The number of unbranched alkanes of at least 4 members (excludes halogenated alkanes) is 10. The molecule has 0 spiro atoms. The molecular formula is C44H57NO10S. The molecule has 4 aromatic carbocycles. The molecule has 0 bridgehead atoms. The molecule has 4 N–H and O–H groups in total. The molecule has 1 fully saturated rings. The second kappa shape index (κ2) is 22.1. The summed E-state index contributed by atoms with van der Waals surface area (Å²) in [5.41, 5.74) is 2.64. The number of hydrogen-bond donors (Lipinski definition) is 4. The van der Waals surface area contributed by atoms with Crippen molar-refractivity contribution in [1.29, 1.82) is 0 Å². The van der Waals surface area contributed by atoms with Gasteiger partial charge >= 0.3 is 16.4 Å². The van der Waals surface area contributed by atoms with Crippen LogP contribution >= 0.6 is 0 Å². The number of rotatable bonds is 23. The molecule has 5 atom stereocenters. The number of aryl methyl sites for hydroxylation is 2. The maximum absolute atomic E-state index is 13.0. The zero-order valence-corrected chi connectivity index (χ0v) is 32.9. The fraction of sp³-hybridized carbons (Fsp3) is 0.500. The predicted molar refractivity (Wildman–Crippen MR) is 216 cm³/mol. The summed E-state index contributed by atoms with van der Waals surface area (Å²) in [6, 6.07) is 28.4. The van der Waals surface area contributed by atoms with Crippen molar-refractivity contribution in [3.8, 4) is 0 Å². The number of fused-ring (bicyclic) bond motifs is 2. The first-order chi connectivity index (χ1) is 27.1. The van der Waals surface area contributed by atoms with Crippen molar-refractivity contribution in [1.82, 2.24) is 5.32 Å². The van der Waals surface area contributed by atoms with E-state index in [-0.39, 0.29) is 12.8 Å². The van der Waals surface area contributed by atoms with Gasteiger partial charge in [-0.25, -0.2) is 4.18 Å². The Morgan fingerprint density at radius 3 is 1.64 bits per heavy atom. The highest BCUT2D eigenvalue weighted by Crippen LogP contribution is 2.27. The molecule has 1 aliphatic rings. The number of hydrogen-bond acceptors (Lipinski definition) is 9. The van der Waals surface area contributed by atoms with E-state index in [1.165, 1.54) is 32.7 Å². The van der Waals surface area contributed by atoms with Crippen LogP contribution in [0.1, 0.15) is 101 Å². The van der Waals surface area contributed by atoms with Crippen molar-refractivity contribution in [2.24, 2.45) is 0 Å². The number of ether oxygens (including phenoxy) is 2. The van der Waals surface area contributed by atoms with Gasteiger partial charge < -0.3 is 25.0 Å². The molecule has 1 aliphatic heterocycles. The minimum absolute atomic E-state index is 0.00977. The SMILES string of the molecule is O=C(CCCCCCCCc1ccc2ccccc2c1)N[C@H]1[C@@H](OC(=O)CCCCCCCCc2ccc3ccccc3c2)[C@H](OS(=O)(=O)O)[C@@H](CO)O[C@@H]1O. The standard InChI is InChI=1S/C44H57NO10S/c46-31-38-42(55-56(50,51)52)43(54-40(48)24-12-8-4-2-6-10-18-33-26-28-35-20-14-16-22-37(35)30-33)41(44(49)53-38)45-39(47)23-11-7-3-1-5-9-17-32-25-27-34-19-13-15-21-36(34)29-32/h13-16,19-22,25-30,38,41-44,46,49H,1-12,17-18,23-24,31H2,(H,45,47)(H,50,51,52)/t38-,41+,42-,43-,44+/m1/s1. The van der Waals surface area contributed by atoms with Crippen LogP contribution in [0.5, 0.6) is 0 Å². The number of carbonyl (C=O) groups is 2. The van der Waals surface area contributed by atoms with Crippen LogP contribution in [0.2, 0.25) is 0 Å². The molecule has 1 heterocycles. The molecule has 56 heavy (non-hydrogen) atoms. The molecule has 4 aromatic rings. The number of nitrogens with one attached hydrogen (secondary N) is 1. The highest BCUT2D eigenvalue weighted by atomic mass is 32.3. The number of carbonyl (C=O) groups excluding carboxylic acids is 2. The average Bonchev–Trinajstić information content (AvgIpc) is 3.18. The van der Waals surface area contributed by atoms with Crippen molar-refractivity contribution in [3.05, 3.63) is 96.1 Å². The second-order valence-corrected chi connectivity index (χ2v) is 15.9. The maximum Gasteiger partial charge on any atom is 0.397 e. The molecular weight excluding hydrogens is 735 g/mol. The normalized spacial score (nSPS) is 19.9. The van der Waals surface area contributed by atoms with E-state index in [4.69, 9.17) is 13.7 Å². The quantitative estimate of drug-likeness (QED) is 0.0335. The molecule has 0 radical (unpaired) electrons. The predicted octanol–water partition coefficient (Wildman–Crippen LogP) is 7.53. The Balaban J connectivity index is 1.01. The molecule has 0 unspecified atom stereocenters. The first-order valence-corrected chi connectivity index (χ1v) is 21.5. The van der Waals surface area contributed by atoms with Crippen molar-refractivity contribution < 1.29 is 46.4 Å². The Labute approximate surface area is 330 Å². The first kappa shape index (κ1) is 43.2. The summed E-state index contributed by atoms with van der Waals surface area (Å²) in [4.78, 5) is 26.0. The minimum atomic E-state index is -5.09. The van der Waals surface area contributed by atoms with E-state index in [1.807, 2.05) is 24.3 Å². The summed E-state index contributed by atoms with van der Waals surface area (Å²) in [7, 11) is -5.09. The Morgan fingerprint density at radius 2 is 1.12 bits per heavy atom. The van der Waals surface area contributed by atoms with Gasteiger partial charge in [-0.2, -0.15) is 8.42 Å². The lowest BCUT2D eigenvalue weighted by molar-refractivity contribution is -0.254. The molecule has 1 saturated heterocycles. The number of esters is 1. The minimum Gasteiger partial charge on any atom is -0.457 e. The topological polar surface area (TPSA) is 169 Å². The smallest absolute Gasteiger partial charge is 0.397 e. The largest absolute Gasteiger partial charge is 0.457 e. The van der Waals surface area contributed by atoms with Gasteiger partial charge in [0, 0.05) is 12.8 Å². The van der Waals surface area contributed by atoms with Crippen LogP contribution in [0.15, 0.2) is 84.9 Å². The number of amides is 1. The Kier molecular flexibility index (Phi) is 17.1. The maximum atomic E-state index is 13.0. The van der Waals surface area contributed by atoms with Gasteiger partial charge in [0.15, 0.2) is 12.4 Å². The van der Waals surface area contributed by atoms with Crippen LogP contribution in [0.4, 0.5) is 0 Å². The van der Waals surface area contributed by atoms with Crippen molar-refractivity contribution >= 4 is 43.8 Å². The fourth-order valence-electron chi connectivity index (χ4n) is 7.50. The molecule has 304 valence electrons. The highest BCUT2D eigenvalue weighted by molar-refractivity contribution is 7.80. The molecule has 1 amide bonds. The summed E-state index contributed by atoms with van der Waals surface area (Å²) >= 11 is 0. The highest BCUT2D eigenvalue weighted by Gasteiger charge is 2.50. The lowest BCUT2D eigenvalue weighted by Crippen LogP contribution is -2.66. The van der Waals surface area contributed by atoms with E-state index in [0.717, 1.165) is 77.0 Å². The molecule has 12 heteroatoms. The third-order valence-electron chi connectivity index (χ3n) is 10.5. The summed E-state index contributed by atoms with van der Waals surface area (Å²) in [6.07, 6.45) is 6.54. The average molecular weight is 792 g/mol. The first-order valence-electron chi connectivity index (χ1n) is 20.1. The van der Waals surface area contributed by atoms with Gasteiger partial charge in [-0.15, -0.1) is 0 Å². The molecule has 0 saturated carbocycles. The van der Waals surface area contributed by atoms with Gasteiger partial charge in [0.2, 0.25) is 5.91 Å². The van der Waals surface area contributed by atoms with Crippen LogP contribution < -0.4 is 5.32 Å². The van der Waals surface area contributed by atoms with E-state index in [2.05, 4.69) is 66.0 Å². The van der Waals surface area contributed by atoms with Gasteiger partial charge in [-0.3, -0.25) is 14.1 Å². The Bertz CT molecular complexity index is 1950. The Morgan fingerprint density at radius 1 is 0.643 bits per heavy atom. The summed E-state index contributed by atoms with van der Waals surface area (Å²) in [5, 5.41) is 28.2. The number of benzene rings is 4. The van der Waals surface area contributed by atoms with E-state index in [1.54, 1.807) is 0 Å².